The molecule has 0 saturated carbocycles. The van der Waals surface area contributed by atoms with Crippen LogP contribution in [0.25, 0.3) is 0 Å². The monoisotopic (exact) mass is 213 g/mol. The molecule has 14 heavy (non-hydrogen) atoms. The fourth-order valence-corrected chi connectivity index (χ4v) is 1.97. The van der Waals surface area contributed by atoms with Gasteiger partial charge in [-0.3, -0.25) is 4.99 Å². The van der Waals surface area contributed by atoms with E-state index in [1.54, 1.807) is 6.08 Å². The Balaban J connectivity index is 5.14. The summed E-state index contributed by atoms with van der Waals surface area (Å²) in [6.07, 6.45) is 1.68. The van der Waals surface area contributed by atoms with Crippen molar-refractivity contribution in [2.75, 3.05) is 0 Å². The molecule has 0 aliphatic heterocycles. The van der Waals surface area contributed by atoms with Gasteiger partial charge in [0.25, 0.3) is 0 Å². The summed E-state index contributed by atoms with van der Waals surface area (Å²) in [6, 6.07) is 0.200. The molecular formula is C11H23NOSi. The Bertz CT molecular complexity index is 236. The van der Waals surface area contributed by atoms with E-state index < -0.39 is 13.3 Å². The Kier molecular flexibility index (Phi) is 4.27. The molecule has 0 aromatic carbocycles. The number of hydrogen-bond acceptors (Lipinski definition) is 2. The number of rotatable bonds is 4. The molecule has 0 heterocycles. The second kappa shape index (κ2) is 4.40. The van der Waals surface area contributed by atoms with Crippen molar-refractivity contribution in [3.05, 3.63) is 12.7 Å². The van der Waals surface area contributed by atoms with E-state index in [-0.39, 0.29) is 6.04 Å². The third-order valence-corrected chi connectivity index (χ3v) is 5.73. The molecule has 0 aromatic heterocycles. The predicted octanol–water partition coefficient (Wildman–Crippen LogP) is 2.65. The first kappa shape index (κ1) is 13.6. The lowest BCUT2D eigenvalue weighted by atomic mass is 10.2. The summed E-state index contributed by atoms with van der Waals surface area (Å²) in [5, 5.41) is 9.63. The van der Waals surface area contributed by atoms with Gasteiger partial charge in [-0.15, -0.1) is 0 Å². The summed E-state index contributed by atoms with van der Waals surface area (Å²) in [6.45, 7) is 16.0. The van der Waals surface area contributed by atoms with E-state index in [0.717, 1.165) is 5.71 Å². The molecular weight excluding hydrogens is 190 g/mol. The Labute approximate surface area is 88.8 Å². The van der Waals surface area contributed by atoms with Crippen molar-refractivity contribution in [1.29, 1.82) is 0 Å². The number of aliphatic imine (C=N–C) groups is 1. The number of hydrogen-bond donors (Lipinski definition) is 1. The van der Waals surface area contributed by atoms with Crippen molar-refractivity contribution in [1.82, 2.24) is 0 Å². The minimum Gasteiger partial charge on any atom is -0.388 e. The maximum atomic E-state index is 10.4. The van der Waals surface area contributed by atoms with Crippen LogP contribution in [0.3, 0.4) is 0 Å². The second-order valence-corrected chi connectivity index (χ2v) is 10.6. The lowest BCUT2D eigenvalue weighted by molar-refractivity contribution is 0.207. The highest BCUT2D eigenvalue weighted by molar-refractivity contribution is 6.82. The average Bonchev–Trinajstić information content (AvgIpc) is 1.97. The second-order valence-electron chi connectivity index (χ2n) is 5.13. The van der Waals surface area contributed by atoms with E-state index in [2.05, 4.69) is 31.2 Å². The van der Waals surface area contributed by atoms with Gasteiger partial charge in [-0.2, -0.15) is 0 Å². The molecule has 0 rings (SSSR count). The van der Waals surface area contributed by atoms with Crippen molar-refractivity contribution in [2.45, 2.75) is 51.7 Å². The molecule has 1 atom stereocenters. The molecule has 1 N–H and O–H groups in total. The lowest BCUT2D eigenvalue weighted by Gasteiger charge is -2.36. The minimum absolute atomic E-state index is 0.200. The van der Waals surface area contributed by atoms with Crippen molar-refractivity contribution in [3.8, 4) is 0 Å². The SMILES string of the molecule is C=CC(=NC(C)C)C(C)(O)[Si](C)(C)C. The summed E-state index contributed by atoms with van der Waals surface area (Å²) in [4.78, 5) is 4.42. The molecule has 0 aliphatic carbocycles. The molecule has 1 unspecified atom stereocenters. The molecule has 0 amide bonds. The van der Waals surface area contributed by atoms with Gasteiger partial charge >= 0.3 is 0 Å². The molecule has 3 heteroatoms. The van der Waals surface area contributed by atoms with Gasteiger partial charge in [-0.25, -0.2) is 0 Å². The van der Waals surface area contributed by atoms with Gasteiger partial charge in [0.05, 0.1) is 19.0 Å². The first-order valence-corrected chi connectivity index (χ1v) is 8.56. The average molecular weight is 213 g/mol. The highest BCUT2D eigenvalue weighted by atomic mass is 28.3. The van der Waals surface area contributed by atoms with Crippen LogP contribution in [0.4, 0.5) is 0 Å². The largest absolute Gasteiger partial charge is 0.388 e. The maximum Gasteiger partial charge on any atom is 0.0918 e. The first-order chi connectivity index (χ1) is 6.13. The van der Waals surface area contributed by atoms with Gasteiger partial charge in [0, 0.05) is 6.04 Å². The Morgan fingerprint density at radius 3 is 2.07 bits per heavy atom. The van der Waals surface area contributed by atoms with Gasteiger partial charge < -0.3 is 5.11 Å². The Morgan fingerprint density at radius 1 is 1.43 bits per heavy atom. The van der Waals surface area contributed by atoms with Crippen LogP contribution < -0.4 is 0 Å². The topological polar surface area (TPSA) is 32.6 Å². The third-order valence-electron chi connectivity index (χ3n) is 2.55. The highest BCUT2D eigenvalue weighted by Gasteiger charge is 2.40. The zero-order valence-electron chi connectivity index (χ0n) is 10.3. The molecule has 0 aromatic rings. The molecule has 0 fully saturated rings. The van der Waals surface area contributed by atoms with Crippen molar-refractivity contribution in [2.24, 2.45) is 4.99 Å². The van der Waals surface area contributed by atoms with E-state index in [1.807, 2.05) is 20.8 Å². The molecule has 2 nitrogen and oxygen atoms in total. The van der Waals surface area contributed by atoms with Crippen LogP contribution in [0.1, 0.15) is 20.8 Å². The van der Waals surface area contributed by atoms with Gasteiger partial charge in [-0.05, 0) is 26.8 Å². The van der Waals surface area contributed by atoms with E-state index >= 15 is 0 Å². The summed E-state index contributed by atoms with van der Waals surface area (Å²) in [7, 11) is -1.68. The van der Waals surface area contributed by atoms with Crippen molar-refractivity contribution in [3.63, 3.8) is 0 Å². The van der Waals surface area contributed by atoms with E-state index in [1.165, 1.54) is 0 Å². The summed E-state index contributed by atoms with van der Waals surface area (Å²) >= 11 is 0. The van der Waals surface area contributed by atoms with Crippen LogP contribution >= 0.6 is 0 Å². The van der Waals surface area contributed by atoms with E-state index in [4.69, 9.17) is 0 Å². The normalized spacial score (nSPS) is 18.1. The van der Waals surface area contributed by atoms with Crippen molar-refractivity contribution < 1.29 is 5.11 Å². The fraction of sp³-hybridized carbons (Fsp3) is 0.727. The Hall–Kier alpha value is -0.413. The smallest absolute Gasteiger partial charge is 0.0918 e. The van der Waals surface area contributed by atoms with E-state index in [9.17, 15) is 5.11 Å². The van der Waals surface area contributed by atoms with Crippen LogP contribution in [0.2, 0.25) is 19.6 Å². The lowest BCUT2D eigenvalue weighted by Crippen LogP contribution is -2.55. The predicted molar refractivity (Wildman–Crippen MR) is 66.7 cm³/mol. The van der Waals surface area contributed by atoms with Gasteiger partial charge in [0.2, 0.25) is 0 Å². The van der Waals surface area contributed by atoms with Crippen LogP contribution in [-0.2, 0) is 0 Å². The minimum atomic E-state index is -1.68. The Morgan fingerprint density at radius 2 is 1.86 bits per heavy atom. The highest BCUT2D eigenvalue weighted by Crippen LogP contribution is 2.22. The summed E-state index contributed by atoms with van der Waals surface area (Å²) < 4.78 is 0. The van der Waals surface area contributed by atoms with Crippen molar-refractivity contribution >= 4 is 13.8 Å². The van der Waals surface area contributed by atoms with Crippen LogP contribution in [0, 0.1) is 0 Å². The van der Waals surface area contributed by atoms with Gasteiger partial charge in [0.1, 0.15) is 0 Å². The zero-order chi connectivity index (χ0) is 11.6. The third kappa shape index (κ3) is 3.06. The maximum absolute atomic E-state index is 10.4. The summed E-state index contributed by atoms with van der Waals surface area (Å²) in [5.74, 6) is 0. The molecule has 0 bridgehead atoms. The first-order valence-electron chi connectivity index (χ1n) is 5.06. The van der Waals surface area contributed by atoms with Crippen LogP contribution in [0.15, 0.2) is 17.6 Å². The molecule has 82 valence electrons. The molecule has 0 radical (unpaired) electrons. The number of aliphatic hydroxyl groups is 1. The van der Waals surface area contributed by atoms with Crippen LogP contribution in [0.5, 0.6) is 0 Å². The molecule has 0 spiro atoms. The van der Waals surface area contributed by atoms with Crippen LogP contribution in [-0.4, -0.2) is 30.2 Å². The standard InChI is InChI=1S/C11H23NOSi/c1-8-10(12-9(2)3)11(4,13)14(5,6)7/h8-9,13H,1H2,2-7H3. The fourth-order valence-electron chi connectivity index (χ4n) is 1.04. The zero-order valence-corrected chi connectivity index (χ0v) is 11.3. The molecule has 0 aliphatic rings. The van der Waals surface area contributed by atoms with Gasteiger partial charge in [-0.1, -0.05) is 26.2 Å². The quantitative estimate of drug-likeness (QED) is 0.565. The molecule has 0 saturated heterocycles. The van der Waals surface area contributed by atoms with E-state index in [0.29, 0.717) is 0 Å². The number of nitrogens with zero attached hydrogens (tertiary/aromatic N) is 1. The summed E-state index contributed by atoms with van der Waals surface area (Å²) in [5.41, 5.74) is 0.728. The van der Waals surface area contributed by atoms with Gasteiger partial charge in [0.15, 0.2) is 0 Å².